The molecular formula is C19H26F2N3O5+. The fourth-order valence-corrected chi connectivity index (χ4v) is 3.15. The zero-order chi connectivity index (χ0) is 21.6. The van der Waals surface area contributed by atoms with Crippen molar-refractivity contribution in [2.45, 2.75) is 33.0 Å². The van der Waals surface area contributed by atoms with E-state index < -0.39 is 18.6 Å². The Kier molecular flexibility index (Phi) is 7.77. The van der Waals surface area contributed by atoms with Crippen molar-refractivity contribution >= 4 is 12.0 Å². The highest BCUT2D eigenvalue weighted by molar-refractivity contribution is 5.94. The van der Waals surface area contributed by atoms with E-state index in [1.54, 1.807) is 26.0 Å². The first-order valence-corrected chi connectivity index (χ1v) is 9.15. The van der Waals surface area contributed by atoms with Gasteiger partial charge in [-0.15, -0.1) is 0 Å². The molecule has 0 spiro atoms. The molecule has 0 bridgehead atoms. The second-order valence-electron chi connectivity index (χ2n) is 6.61. The molecule has 2 atom stereocenters. The lowest BCUT2D eigenvalue weighted by atomic mass is 10.0. The van der Waals surface area contributed by atoms with Crippen LogP contribution in [0.3, 0.4) is 0 Å². The fourth-order valence-electron chi connectivity index (χ4n) is 3.15. The maximum Gasteiger partial charge on any atom is 0.387 e. The zero-order valence-corrected chi connectivity index (χ0v) is 16.8. The van der Waals surface area contributed by atoms with Gasteiger partial charge in [-0.3, -0.25) is 0 Å². The highest BCUT2D eigenvalue weighted by Gasteiger charge is 2.31. The van der Waals surface area contributed by atoms with Gasteiger partial charge in [-0.2, -0.15) is 8.78 Å². The molecule has 0 aliphatic carbocycles. The lowest BCUT2D eigenvalue weighted by molar-refractivity contribution is -0.889. The molecule has 160 valence electrons. The zero-order valence-electron chi connectivity index (χ0n) is 16.8. The van der Waals surface area contributed by atoms with Gasteiger partial charge in [-0.05, 0) is 32.0 Å². The summed E-state index contributed by atoms with van der Waals surface area (Å²) in [6.07, 6.45) is 0. The van der Waals surface area contributed by atoms with Crippen LogP contribution in [0.2, 0.25) is 0 Å². The summed E-state index contributed by atoms with van der Waals surface area (Å²) in [6.45, 7) is 1.55. The van der Waals surface area contributed by atoms with Crippen LogP contribution in [0.1, 0.15) is 19.4 Å². The average Bonchev–Trinajstić information content (AvgIpc) is 2.62. The van der Waals surface area contributed by atoms with E-state index >= 15 is 0 Å². The molecule has 8 nitrogen and oxygen atoms in total. The van der Waals surface area contributed by atoms with Crippen molar-refractivity contribution in [2.75, 3.05) is 27.3 Å². The van der Waals surface area contributed by atoms with Gasteiger partial charge in [0.2, 0.25) is 0 Å². The van der Waals surface area contributed by atoms with Gasteiger partial charge in [0.05, 0.1) is 38.1 Å². The number of carbonyl (C=O) groups excluding carboxylic acids is 2. The van der Waals surface area contributed by atoms with Crippen LogP contribution in [-0.4, -0.2) is 52.0 Å². The number of nitrogens with one attached hydrogen (secondary N) is 3. The van der Waals surface area contributed by atoms with Crippen molar-refractivity contribution < 1.29 is 37.5 Å². The third-order valence-electron chi connectivity index (χ3n) is 4.29. The van der Waals surface area contributed by atoms with Gasteiger partial charge in [-0.1, -0.05) is 0 Å². The topological polar surface area (TPSA) is 90.3 Å². The van der Waals surface area contributed by atoms with Gasteiger partial charge in [0.1, 0.15) is 13.1 Å². The number of rotatable bonds is 9. The van der Waals surface area contributed by atoms with Crippen molar-refractivity contribution in [3.8, 4) is 11.5 Å². The number of amides is 2. The molecule has 1 aromatic rings. The normalized spacial score (nSPS) is 17.5. The van der Waals surface area contributed by atoms with E-state index in [9.17, 15) is 18.4 Å². The molecule has 0 saturated heterocycles. The minimum Gasteiger partial charge on any atom is -0.493 e. The number of carbonyl (C=O) groups is 2. The summed E-state index contributed by atoms with van der Waals surface area (Å²) in [5, 5.41) is 5.33. The molecule has 1 unspecified atom stereocenters. The predicted molar refractivity (Wildman–Crippen MR) is 99.9 cm³/mol. The lowest BCUT2D eigenvalue weighted by Gasteiger charge is -2.27. The van der Waals surface area contributed by atoms with Crippen LogP contribution in [0.4, 0.5) is 13.6 Å². The largest absolute Gasteiger partial charge is 0.493 e. The first-order chi connectivity index (χ1) is 13.7. The standard InChI is InChI=1S/C19H25F2N3O5/c1-5-28-17(25)16-11(2)22-19(26)23-13(16)10-24(3)9-12-6-7-14(29-18(20)21)15(8-12)27-4/h6-8,11,18H,5,9-10H2,1-4H3,(H2,22,23,26)/p+1/t11-/m0/s1. The average molecular weight is 414 g/mol. The third kappa shape index (κ3) is 6.05. The minimum absolute atomic E-state index is 0.0457. The smallest absolute Gasteiger partial charge is 0.387 e. The molecule has 0 aromatic heterocycles. The summed E-state index contributed by atoms with van der Waals surface area (Å²) >= 11 is 0. The number of likely N-dealkylation sites (N-methyl/N-ethyl adjacent to an activating group) is 1. The maximum absolute atomic E-state index is 12.5. The molecule has 1 aliphatic rings. The van der Waals surface area contributed by atoms with Crippen molar-refractivity contribution in [3.63, 3.8) is 0 Å². The summed E-state index contributed by atoms with van der Waals surface area (Å²) in [4.78, 5) is 25.1. The van der Waals surface area contributed by atoms with Gasteiger partial charge in [0, 0.05) is 5.56 Å². The Labute approximate surface area is 167 Å². The Morgan fingerprint density at radius 3 is 2.62 bits per heavy atom. The number of hydrogen-bond acceptors (Lipinski definition) is 5. The third-order valence-corrected chi connectivity index (χ3v) is 4.29. The monoisotopic (exact) mass is 414 g/mol. The lowest BCUT2D eigenvalue weighted by Crippen LogP contribution is -3.08. The molecule has 0 fully saturated rings. The van der Waals surface area contributed by atoms with E-state index in [0.29, 0.717) is 24.4 Å². The van der Waals surface area contributed by atoms with Crippen molar-refractivity contribution in [2.24, 2.45) is 0 Å². The number of halogens is 2. The van der Waals surface area contributed by atoms with Crippen LogP contribution >= 0.6 is 0 Å². The Morgan fingerprint density at radius 1 is 1.28 bits per heavy atom. The highest BCUT2D eigenvalue weighted by atomic mass is 19.3. The van der Waals surface area contributed by atoms with Crippen LogP contribution in [0.5, 0.6) is 11.5 Å². The first kappa shape index (κ1) is 22.4. The van der Waals surface area contributed by atoms with Gasteiger partial charge in [0.15, 0.2) is 11.5 Å². The van der Waals surface area contributed by atoms with E-state index in [2.05, 4.69) is 15.4 Å². The van der Waals surface area contributed by atoms with E-state index in [4.69, 9.17) is 9.47 Å². The number of quaternary nitrogens is 1. The second kappa shape index (κ2) is 10.1. The van der Waals surface area contributed by atoms with Crippen molar-refractivity contribution in [1.29, 1.82) is 0 Å². The molecule has 2 rings (SSSR count). The number of alkyl halides is 2. The number of urea groups is 1. The summed E-state index contributed by atoms with van der Waals surface area (Å²) in [7, 11) is 3.25. The molecule has 1 heterocycles. The minimum atomic E-state index is -2.94. The van der Waals surface area contributed by atoms with E-state index in [1.807, 2.05) is 7.05 Å². The van der Waals surface area contributed by atoms with Gasteiger partial charge in [-0.25, -0.2) is 9.59 Å². The highest BCUT2D eigenvalue weighted by Crippen LogP contribution is 2.29. The number of methoxy groups -OCH3 is 1. The van der Waals surface area contributed by atoms with Crippen LogP contribution in [0, 0.1) is 0 Å². The Bertz CT molecular complexity index is 785. The molecule has 29 heavy (non-hydrogen) atoms. The van der Waals surface area contributed by atoms with Gasteiger partial charge >= 0.3 is 18.6 Å². The predicted octanol–water partition coefficient (Wildman–Crippen LogP) is 0.830. The molecular weight excluding hydrogens is 388 g/mol. The number of esters is 1. The second-order valence-corrected chi connectivity index (χ2v) is 6.61. The number of hydrogen-bond donors (Lipinski definition) is 3. The summed E-state index contributed by atoms with van der Waals surface area (Å²) < 4.78 is 39.6. The molecule has 2 amide bonds. The van der Waals surface area contributed by atoms with E-state index in [1.165, 1.54) is 13.2 Å². The first-order valence-electron chi connectivity index (χ1n) is 9.15. The van der Waals surface area contributed by atoms with Crippen molar-refractivity contribution in [3.05, 3.63) is 35.0 Å². The Hall–Kier alpha value is -2.88. The quantitative estimate of drug-likeness (QED) is 0.521. The van der Waals surface area contributed by atoms with Gasteiger partial charge < -0.3 is 29.7 Å². The molecule has 10 heteroatoms. The van der Waals surface area contributed by atoms with E-state index in [-0.39, 0.29) is 24.1 Å². The SMILES string of the molecule is CCOC(=O)C1=C(C[NH+](C)Cc2ccc(OC(F)F)c(OC)c2)NC(=O)N[C@H]1C. The Balaban J connectivity index is 2.17. The van der Waals surface area contributed by atoms with E-state index in [0.717, 1.165) is 10.5 Å². The van der Waals surface area contributed by atoms with Crippen LogP contribution in [0.25, 0.3) is 0 Å². The van der Waals surface area contributed by atoms with Gasteiger partial charge in [0.25, 0.3) is 0 Å². The fraction of sp³-hybridized carbons (Fsp3) is 0.474. The van der Waals surface area contributed by atoms with Crippen molar-refractivity contribution in [1.82, 2.24) is 10.6 Å². The van der Waals surface area contributed by atoms with Crippen LogP contribution < -0.4 is 25.0 Å². The summed E-state index contributed by atoms with van der Waals surface area (Å²) in [5.74, 6) is -0.327. The summed E-state index contributed by atoms with van der Waals surface area (Å²) in [5.41, 5.74) is 1.68. The molecule has 3 N–H and O–H groups in total. The van der Waals surface area contributed by atoms with Crippen LogP contribution in [-0.2, 0) is 16.1 Å². The molecule has 1 aliphatic heterocycles. The molecule has 1 aromatic carbocycles. The maximum atomic E-state index is 12.5. The Morgan fingerprint density at radius 2 is 2.00 bits per heavy atom. The number of benzene rings is 1. The summed E-state index contributed by atoms with van der Waals surface area (Å²) in [6, 6.07) is 3.84. The molecule has 0 saturated carbocycles. The molecule has 0 radical (unpaired) electrons. The number of ether oxygens (including phenoxy) is 3. The van der Waals surface area contributed by atoms with Crippen LogP contribution in [0.15, 0.2) is 29.5 Å².